The van der Waals surface area contributed by atoms with Gasteiger partial charge >= 0.3 is 0 Å². The second kappa shape index (κ2) is 6.02. The van der Waals surface area contributed by atoms with Crippen molar-refractivity contribution in [2.24, 2.45) is 11.5 Å². The molecule has 0 aromatic heterocycles. The van der Waals surface area contributed by atoms with Gasteiger partial charge in [-0.15, -0.1) is 0 Å². The number of hydrogen-bond acceptors (Lipinski definition) is 3. The summed E-state index contributed by atoms with van der Waals surface area (Å²) in [6, 6.07) is -0.0465. The van der Waals surface area contributed by atoms with Gasteiger partial charge in [0.1, 0.15) is 0 Å². The van der Waals surface area contributed by atoms with Gasteiger partial charge < -0.3 is 11.5 Å². The molecular weight excluding hydrogens is 210 g/mol. The third kappa shape index (κ3) is 4.13. The number of nitrogens with zero attached hydrogens (tertiary/aromatic N) is 1. The molecule has 5 heteroatoms. The fraction of sp³-hybridized carbons (Fsp3) is 0.800. The predicted octanol–water partition coefficient (Wildman–Crippen LogP) is 0.392. The molecule has 0 aromatic carbocycles. The van der Waals surface area contributed by atoms with E-state index in [1.807, 2.05) is 0 Å². The van der Waals surface area contributed by atoms with E-state index in [1.54, 1.807) is 0 Å². The van der Waals surface area contributed by atoms with Crippen molar-refractivity contribution in [1.82, 2.24) is 4.90 Å². The number of carbonyl (C=O) groups excluding carboxylic acids is 1. The smallest absolute Gasteiger partial charge is 0.234 e. The molecule has 1 rings (SSSR count). The summed E-state index contributed by atoms with van der Waals surface area (Å²) >= 11 is 4.80. The van der Waals surface area contributed by atoms with E-state index < -0.39 is 0 Å². The van der Waals surface area contributed by atoms with Crippen LogP contribution < -0.4 is 11.5 Å². The minimum atomic E-state index is -0.193. The number of nitrogens with two attached hydrogens (primary N) is 2. The average molecular weight is 229 g/mol. The minimum Gasteiger partial charge on any atom is -0.393 e. The maximum absolute atomic E-state index is 11.1. The van der Waals surface area contributed by atoms with Crippen LogP contribution in [0.2, 0.25) is 0 Å². The lowest BCUT2D eigenvalue weighted by molar-refractivity contribution is -0.122. The van der Waals surface area contributed by atoms with E-state index in [1.165, 1.54) is 0 Å². The molecule has 1 aliphatic rings. The molecule has 0 saturated carbocycles. The highest BCUT2D eigenvalue weighted by Gasteiger charge is 2.27. The predicted molar refractivity (Wildman–Crippen MR) is 64.4 cm³/mol. The van der Waals surface area contributed by atoms with Crippen molar-refractivity contribution in [3.05, 3.63) is 0 Å². The Labute approximate surface area is 96.0 Å². The zero-order valence-corrected chi connectivity index (χ0v) is 9.76. The highest BCUT2D eigenvalue weighted by atomic mass is 32.1. The molecule has 1 fully saturated rings. The molecule has 4 N–H and O–H groups in total. The third-order valence-electron chi connectivity index (χ3n) is 2.81. The Morgan fingerprint density at radius 1 is 1.40 bits per heavy atom. The van der Waals surface area contributed by atoms with E-state index >= 15 is 0 Å². The van der Waals surface area contributed by atoms with Crippen molar-refractivity contribution in [3.8, 4) is 0 Å². The summed E-state index contributed by atoms with van der Waals surface area (Å²) < 4.78 is 0. The molecule has 1 unspecified atom stereocenters. The number of carbonyl (C=O) groups is 1. The number of likely N-dealkylation sites (tertiary alicyclic amines) is 1. The SMILES string of the molecule is NC(=O)C1CCCN1CCCCC(N)=S. The molecule has 0 bridgehead atoms. The summed E-state index contributed by atoms with van der Waals surface area (Å²) in [5.74, 6) is -0.193. The number of hydrogen-bond donors (Lipinski definition) is 2. The van der Waals surface area contributed by atoms with Gasteiger partial charge in [0, 0.05) is 0 Å². The van der Waals surface area contributed by atoms with Gasteiger partial charge in [0.2, 0.25) is 5.91 Å². The third-order valence-corrected chi connectivity index (χ3v) is 3.01. The van der Waals surface area contributed by atoms with Crippen LogP contribution in [-0.4, -0.2) is 34.9 Å². The van der Waals surface area contributed by atoms with E-state index in [0.29, 0.717) is 4.99 Å². The van der Waals surface area contributed by atoms with Gasteiger partial charge in [-0.3, -0.25) is 9.69 Å². The molecule has 1 heterocycles. The lowest BCUT2D eigenvalue weighted by Crippen LogP contribution is -2.40. The molecule has 15 heavy (non-hydrogen) atoms. The Kier molecular flexibility index (Phi) is 4.98. The fourth-order valence-electron chi connectivity index (χ4n) is 2.03. The summed E-state index contributed by atoms with van der Waals surface area (Å²) in [6.07, 6.45) is 4.80. The van der Waals surface area contributed by atoms with Crippen molar-refractivity contribution in [3.63, 3.8) is 0 Å². The monoisotopic (exact) mass is 229 g/mol. The largest absolute Gasteiger partial charge is 0.393 e. The average Bonchev–Trinajstić information content (AvgIpc) is 2.60. The second-order valence-corrected chi connectivity index (χ2v) is 4.54. The first-order valence-electron chi connectivity index (χ1n) is 5.43. The van der Waals surface area contributed by atoms with Crippen molar-refractivity contribution in [2.45, 2.75) is 38.1 Å². The maximum atomic E-state index is 11.1. The molecule has 0 spiro atoms. The zero-order chi connectivity index (χ0) is 11.3. The van der Waals surface area contributed by atoms with Crippen LogP contribution in [0.5, 0.6) is 0 Å². The lowest BCUT2D eigenvalue weighted by atomic mass is 10.2. The van der Waals surface area contributed by atoms with Crippen molar-refractivity contribution in [2.75, 3.05) is 13.1 Å². The Hall–Kier alpha value is -0.680. The van der Waals surface area contributed by atoms with Crippen LogP contribution in [0.15, 0.2) is 0 Å². The van der Waals surface area contributed by atoms with E-state index in [2.05, 4.69) is 4.90 Å². The number of unbranched alkanes of at least 4 members (excludes halogenated alkanes) is 1. The van der Waals surface area contributed by atoms with Gasteiger partial charge in [-0.1, -0.05) is 12.2 Å². The Morgan fingerprint density at radius 3 is 2.73 bits per heavy atom. The van der Waals surface area contributed by atoms with E-state index in [-0.39, 0.29) is 11.9 Å². The molecule has 1 amide bonds. The van der Waals surface area contributed by atoms with Gasteiger partial charge in [0.15, 0.2) is 0 Å². The molecule has 1 aliphatic heterocycles. The Morgan fingerprint density at radius 2 is 2.13 bits per heavy atom. The van der Waals surface area contributed by atoms with Gasteiger partial charge in [-0.25, -0.2) is 0 Å². The normalized spacial score (nSPS) is 21.7. The van der Waals surface area contributed by atoms with Crippen LogP contribution in [0.3, 0.4) is 0 Å². The summed E-state index contributed by atoms with van der Waals surface area (Å²) in [5.41, 5.74) is 10.7. The Balaban J connectivity index is 2.20. The van der Waals surface area contributed by atoms with Crippen LogP contribution in [0.25, 0.3) is 0 Å². The van der Waals surface area contributed by atoms with Crippen molar-refractivity contribution in [1.29, 1.82) is 0 Å². The number of primary amides is 1. The molecule has 0 aromatic rings. The summed E-state index contributed by atoms with van der Waals surface area (Å²) in [6.45, 7) is 1.91. The van der Waals surface area contributed by atoms with E-state index in [4.69, 9.17) is 23.7 Å². The van der Waals surface area contributed by atoms with Crippen molar-refractivity contribution >= 4 is 23.1 Å². The van der Waals surface area contributed by atoms with E-state index in [0.717, 1.165) is 45.2 Å². The summed E-state index contributed by atoms with van der Waals surface area (Å²) in [4.78, 5) is 13.8. The van der Waals surface area contributed by atoms with Gasteiger partial charge in [0.05, 0.1) is 11.0 Å². The lowest BCUT2D eigenvalue weighted by Gasteiger charge is -2.21. The highest BCUT2D eigenvalue weighted by Crippen LogP contribution is 2.17. The molecule has 4 nitrogen and oxygen atoms in total. The first-order chi connectivity index (χ1) is 7.11. The minimum absolute atomic E-state index is 0.0465. The zero-order valence-electron chi connectivity index (χ0n) is 8.95. The van der Waals surface area contributed by atoms with Crippen LogP contribution in [0.4, 0.5) is 0 Å². The van der Waals surface area contributed by atoms with Crippen LogP contribution in [0, 0.1) is 0 Å². The van der Waals surface area contributed by atoms with E-state index in [9.17, 15) is 4.79 Å². The van der Waals surface area contributed by atoms with Gasteiger partial charge in [-0.2, -0.15) is 0 Å². The quantitative estimate of drug-likeness (QED) is 0.510. The molecule has 1 atom stereocenters. The molecule has 1 saturated heterocycles. The number of amides is 1. The molecule has 86 valence electrons. The number of thiocarbonyl (C=S) groups is 1. The molecule has 0 aliphatic carbocycles. The highest BCUT2D eigenvalue weighted by molar-refractivity contribution is 7.80. The summed E-state index contributed by atoms with van der Waals surface area (Å²) in [7, 11) is 0. The topological polar surface area (TPSA) is 72.4 Å². The first-order valence-corrected chi connectivity index (χ1v) is 5.83. The molecule has 0 radical (unpaired) electrons. The number of rotatable bonds is 6. The van der Waals surface area contributed by atoms with Crippen molar-refractivity contribution < 1.29 is 4.79 Å². The molecular formula is C10H19N3OS. The summed E-state index contributed by atoms with van der Waals surface area (Å²) in [5, 5.41) is 0. The van der Waals surface area contributed by atoms with Crippen LogP contribution in [0.1, 0.15) is 32.1 Å². The van der Waals surface area contributed by atoms with Crippen LogP contribution >= 0.6 is 12.2 Å². The Bertz CT molecular complexity index is 245. The first kappa shape index (κ1) is 12.4. The van der Waals surface area contributed by atoms with Crippen LogP contribution in [-0.2, 0) is 4.79 Å². The maximum Gasteiger partial charge on any atom is 0.234 e. The second-order valence-electron chi connectivity index (χ2n) is 4.02. The van der Waals surface area contributed by atoms with Gasteiger partial charge in [-0.05, 0) is 45.2 Å². The fourth-order valence-corrected chi connectivity index (χ4v) is 2.17. The van der Waals surface area contributed by atoms with Gasteiger partial charge in [0.25, 0.3) is 0 Å². The standard InChI is InChI=1S/C10H19N3OS/c11-9(15)5-1-2-6-13-7-3-4-8(13)10(12)14/h8H,1-7H2,(H2,11,15)(H2,12,14).